The molecule has 2 aliphatic rings. The van der Waals surface area contributed by atoms with Crippen molar-refractivity contribution in [3.63, 3.8) is 0 Å². The van der Waals surface area contributed by atoms with Gasteiger partial charge >= 0.3 is 0 Å². The van der Waals surface area contributed by atoms with Gasteiger partial charge in [-0.25, -0.2) is 0 Å². The maximum Gasteiger partial charge on any atom is 0.0509 e. The zero-order chi connectivity index (χ0) is 17.1. The van der Waals surface area contributed by atoms with Crippen molar-refractivity contribution < 1.29 is 0 Å². The Hall–Kier alpha value is -1.64. The van der Waals surface area contributed by atoms with Crippen LogP contribution in [0, 0.1) is 5.92 Å². The fourth-order valence-electron chi connectivity index (χ4n) is 4.54. The molecule has 2 fully saturated rings. The van der Waals surface area contributed by atoms with Crippen LogP contribution in [0.1, 0.15) is 31.7 Å². The molecule has 132 valence electrons. The van der Waals surface area contributed by atoms with E-state index in [1.54, 1.807) is 0 Å². The maximum absolute atomic E-state index is 2.74. The van der Waals surface area contributed by atoms with E-state index in [9.17, 15) is 0 Å². The van der Waals surface area contributed by atoms with Crippen LogP contribution < -0.4 is 0 Å². The Morgan fingerprint density at radius 1 is 0.880 bits per heavy atom. The van der Waals surface area contributed by atoms with Gasteiger partial charge in [0.1, 0.15) is 0 Å². The molecule has 0 bridgehead atoms. The van der Waals surface area contributed by atoms with Crippen molar-refractivity contribution in [1.29, 1.82) is 0 Å². The molecule has 0 N–H and O–H groups in total. The highest BCUT2D eigenvalue weighted by Crippen LogP contribution is 2.27. The number of likely N-dealkylation sites (tertiary alicyclic amines) is 2. The number of benzene rings is 2. The lowest BCUT2D eigenvalue weighted by Gasteiger charge is -2.29. The summed E-state index contributed by atoms with van der Waals surface area (Å²) in [7, 11) is 0. The molecule has 0 amide bonds. The highest BCUT2D eigenvalue weighted by Gasteiger charge is 2.31. The Bertz CT molecular complexity index is 658. The van der Waals surface area contributed by atoms with Crippen LogP contribution in [-0.2, 0) is 6.42 Å². The van der Waals surface area contributed by atoms with E-state index in [0.717, 1.165) is 5.92 Å². The van der Waals surface area contributed by atoms with Crippen molar-refractivity contribution in [3.05, 3.63) is 60.2 Å². The highest BCUT2D eigenvalue weighted by atomic mass is 15.3. The SMILES string of the molecule is C[C@@H]1C[C@@H](Cc2ccc(-c3ccccc3)cc2)N(CN2CCCC2)C1. The normalized spacial score (nSPS) is 24.8. The Labute approximate surface area is 152 Å². The number of nitrogens with zero attached hydrogens (tertiary/aromatic N) is 2. The summed E-state index contributed by atoms with van der Waals surface area (Å²) in [4.78, 5) is 5.38. The molecule has 2 aromatic carbocycles. The monoisotopic (exact) mass is 334 g/mol. The summed E-state index contributed by atoms with van der Waals surface area (Å²) in [5, 5.41) is 0. The van der Waals surface area contributed by atoms with E-state index >= 15 is 0 Å². The second-order valence-electron chi connectivity index (χ2n) is 8.00. The Balaban J connectivity index is 1.41. The van der Waals surface area contributed by atoms with Gasteiger partial charge in [-0.3, -0.25) is 9.80 Å². The second kappa shape index (κ2) is 7.72. The van der Waals surface area contributed by atoms with Crippen molar-refractivity contribution in [1.82, 2.24) is 9.80 Å². The standard InChI is InChI=1S/C23H30N2/c1-19-15-23(25(17-19)18-24-13-5-6-14-24)16-20-9-11-22(12-10-20)21-7-3-2-4-8-21/h2-4,7-12,19,23H,5-6,13-18H2,1H3/t19-,23+/m1/s1. The van der Waals surface area contributed by atoms with Gasteiger partial charge in [-0.1, -0.05) is 61.5 Å². The fourth-order valence-corrected chi connectivity index (χ4v) is 4.54. The predicted molar refractivity (Wildman–Crippen MR) is 106 cm³/mol. The van der Waals surface area contributed by atoms with Crippen molar-refractivity contribution in [2.45, 2.75) is 38.6 Å². The molecule has 2 atom stereocenters. The Kier molecular flexibility index (Phi) is 5.19. The zero-order valence-electron chi connectivity index (χ0n) is 15.4. The summed E-state index contributed by atoms with van der Waals surface area (Å²) < 4.78 is 0. The van der Waals surface area contributed by atoms with Crippen LogP contribution in [0.4, 0.5) is 0 Å². The molecule has 25 heavy (non-hydrogen) atoms. The van der Waals surface area contributed by atoms with Crippen LogP contribution in [0.5, 0.6) is 0 Å². The van der Waals surface area contributed by atoms with Crippen molar-refractivity contribution >= 4 is 0 Å². The van der Waals surface area contributed by atoms with E-state index in [0.29, 0.717) is 6.04 Å². The van der Waals surface area contributed by atoms with E-state index in [4.69, 9.17) is 0 Å². The lowest BCUT2D eigenvalue weighted by molar-refractivity contribution is 0.139. The Morgan fingerprint density at radius 2 is 1.56 bits per heavy atom. The van der Waals surface area contributed by atoms with Gasteiger partial charge in [0, 0.05) is 12.6 Å². The van der Waals surface area contributed by atoms with Gasteiger partial charge in [-0.05, 0) is 61.4 Å². The molecule has 0 radical (unpaired) electrons. The van der Waals surface area contributed by atoms with Crippen molar-refractivity contribution in [2.75, 3.05) is 26.3 Å². The summed E-state index contributed by atoms with van der Waals surface area (Å²) >= 11 is 0. The molecule has 0 unspecified atom stereocenters. The topological polar surface area (TPSA) is 6.48 Å². The molecule has 2 aliphatic heterocycles. The van der Waals surface area contributed by atoms with Gasteiger partial charge in [0.05, 0.1) is 6.67 Å². The summed E-state index contributed by atoms with van der Waals surface area (Å²) in [5.41, 5.74) is 4.10. The molecule has 2 aromatic rings. The minimum Gasteiger partial charge on any atom is -0.290 e. The van der Waals surface area contributed by atoms with Gasteiger partial charge < -0.3 is 0 Å². The molecule has 2 nitrogen and oxygen atoms in total. The second-order valence-corrected chi connectivity index (χ2v) is 8.00. The first-order chi connectivity index (χ1) is 12.3. The minimum atomic E-state index is 0.707. The van der Waals surface area contributed by atoms with E-state index in [-0.39, 0.29) is 0 Å². The number of hydrogen-bond acceptors (Lipinski definition) is 2. The van der Waals surface area contributed by atoms with Crippen LogP contribution in [0.2, 0.25) is 0 Å². The van der Waals surface area contributed by atoms with Crippen molar-refractivity contribution in [3.8, 4) is 11.1 Å². The number of hydrogen-bond donors (Lipinski definition) is 0. The predicted octanol–water partition coefficient (Wildman–Crippen LogP) is 4.66. The molecule has 0 aromatic heterocycles. The lowest BCUT2D eigenvalue weighted by Crippen LogP contribution is -2.40. The summed E-state index contributed by atoms with van der Waals surface area (Å²) in [5.74, 6) is 0.830. The molecule has 0 saturated carbocycles. The maximum atomic E-state index is 2.74. The van der Waals surface area contributed by atoms with Crippen LogP contribution in [0.3, 0.4) is 0 Å². The molecular formula is C23H30N2. The van der Waals surface area contributed by atoms with Crippen LogP contribution in [0.25, 0.3) is 11.1 Å². The third-order valence-electron chi connectivity index (χ3n) is 5.85. The third-order valence-corrected chi connectivity index (χ3v) is 5.85. The molecule has 2 heteroatoms. The summed E-state index contributed by atoms with van der Waals surface area (Å²) in [6.07, 6.45) is 5.30. The Morgan fingerprint density at radius 3 is 2.28 bits per heavy atom. The lowest BCUT2D eigenvalue weighted by atomic mass is 9.98. The number of rotatable bonds is 5. The quantitative estimate of drug-likeness (QED) is 0.784. The largest absolute Gasteiger partial charge is 0.290 e. The minimum absolute atomic E-state index is 0.707. The average molecular weight is 335 g/mol. The van der Waals surface area contributed by atoms with E-state index in [2.05, 4.69) is 71.3 Å². The molecule has 0 spiro atoms. The molecule has 0 aliphatic carbocycles. The summed E-state index contributed by atoms with van der Waals surface area (Å²) in [6.45, 7) is 7.45. The van der Waals surface area contributed by atoms with Crippen molar-refractivity contribution in [2.24, 2.45) is 5.92 Å². The van der Waals surface area contributed by atoms with Crippen LogP contribution in [0.15, 0.2) is 54.6 Å². The average Bonchev–Trinajstić information content (AvgIpc) is 3.27. The first kappa shape index (κ1) is 16.8. The molecule has 2 heterocycles. The first-order valence-corrected chi connectivity index (χ1v) is 9.89. The zero-order valence-corrected chi connectivity index (χ0v) is 15.4. The van der Waals surface area contributed by atoms with Gasteiger partial charge in [-0.2, -0.15) is 0 Å². The van der Waals surface area contributed by atoms with E-state index < -0.39 is 0 Å². The van der Waals surface area contributed by atoms with Crippen LogP contribution in [-0.4, -0.2) is 42.1 Å². The highest BCUT2D eigenvalue weighted by molar-refractivity contribution is 5.63. The fraction of sp³-hybridized carbons (Fsp3) is 0.478. The van der Waals surface area contributed by atoms with E-state index in [1.807, 2.05) is 0 Å². The van der Waals surface area contributed by atoms with Crippen LogP contribution >= 0.6 is 0 Å². The summed E-state index contributed by atoms with van der Waals surface area (Å²) in [6, 6.07) is 20.6. The molecule has 4 rings (SSSR count). The van der Waals surface area contributed by atoms with E-state index in [1.165, 1.54) is 68.7 Å². The van der Waals surface area contributed by atoms with Gasteiger partial charge in [0.25, 0.3) is 0 Å². The first-order valence-electron chi connectivity index (χ1n) is 9.89. The van der Waals surface area contributed by atoms with Gasteiger partial charge in [0.15, 0.2) is 0 Å². The molecule has 2 saturated heterocycles. The smallest absolute Gasteiger partial charge is 0.0509 e. The van der Waals surface area contributed by atoms with Gasteiger partial charge in [-0.15, -0.1) is 0 Å². The molecular weight excluding hydrogens is 304 g/mol. The van der Waals surface area contributed by atoms with Gasteiger partial charge in [0.2, 0.25) is 0 Å². The third kappa shape index (κ3) is 4.13.